The monoisotopic (exact) mass is 258 g/mol. The lowest BCUT2D eigenvalue weighted by atomic mass is 9.98. The maximum Gasteiger partial charge on any atom is 0.230 e. The molecule has 3 rings (SSSR count). The van der Waals surface area contributed by atoms with Gasteiger partial charge in [-0.05, 0) is 31.5 Å². The van der Waals surface area contributed by atoms with Crippen molar-refractivity contribution >= 4 is 0 Å². The van der Waals surface area contributed by atoms with Crippen molar-refractivity contribution in [2.75, 3.05) is 20.2 Å². The van der Waals surface area contributed by atoms with Crippen LogP contribution >= 0.6 is 0 Å². The summed E-state index contributed by atoms with van der Waals surface area (Å²) in [5, 5.41) is 3.39. The molecule has 0 saturated carbocycles. The van der Waals surface area contributed by atoms with Gasteiger partial charge in [0.2, 0.25) is 5.89 Å². The van der Waals surface area contributed by atoms with Crippen LogP contribution in [0.5, 0.6) is 5.75 Å². The van der Waals surface area contributed by atoms with Gasteiger partial charge in [-0.2, -0.15) is 0 Å². The molecule has 1 fully saturated rings. The fraction of sp³-hybridized carbons (Fsp3) is 0.400. The van der Waals surface area contributed by atoms with Gasteiger partial charge in [0.1, 0.15) is 11.5 Å². The maximum absolute atomic E-state index is 5.92. The largest absolute Gasteiger partial charge is 0.496 e. The van der Waals surface area contributed by atoms with Crippen LogP contribution < -0.4 is 10.1 Å². The van der Waals surface area contributed by atoms with Gasteiger partial charge in [-0.15, -0.1) is 0 Å². The summed E-state index contributed by atoms with van der Waals surface area (Å²) in [6.45, 7) is 2.07. The molecular formula is C15H18N2O2. The van der Waals surface area contributed by atoms with Crippen LogP contribution in [0.3, 0.4) is 0 Å². The van der Waals surface area contributed by atoms with Gasteiger partial charge >= 0.3 is 0 Å². The molecule has 100 valence electrons. The van der Waals surface area contributed by atoms with Gasteiger partial charge in [0.05, 0.1) is 18.9 Å². The average Bonchev–Trinajstić information content (AvgIpc) is 2.98. The Hall–Kier alpha value is -1.81. The number of rotatable bonds is 3. The van der Waals surface area contributed by atoms with Crippen molar-refractivity contribution < 1.29 is 9.15 Å². The molecule has 1 saturated heterocycles. The summed E-state index contributed by atoms with van der Waals surface area (Å²) in [6, 6.07) is 7.79. The number of para-hydroxylation sites is 1. The highest BCUT2D eigenvalue weighted by Gasteiger charge is 2.20. The number of aromatic nitrogens is 1. The Balaban J connectivity index is 1.88. The van der Waals surface area contributed by atoms with E-state index in [1.165, 1.54) is 6.42 Å². The van der Waals surface area contributed by atoms with Crippen LogP contribution in [-0.4, -0.2) is 25.2 Å². The van der Waals surface area contributed by atoms with Gasteiger partial charge in [0.15, 0.2) is 0 Å². The molecule has 0 radical (unpaired) electrons. The Morgan fingerprint density at radius 2 is 2.26 bits per heavy atom. The van der Waals surface area contributed by atoms with Crippen molar-refractivity contribution in [3.8, 4) is 17.2 Å². The summed E-state index contributed by atoms with van der Waals surface area (Å²) in [5.74, 6) is 2.83. The lowest BCUT2D eigenvalue weighted by Gasteiger charge is -2.20. The summed E-state index contributed by atoms with van der Waals surface area (Å²) in [5.41, 5.74) is 0.903. The second kappa shape index (κ2) is 5.45. The fourth-order valence-electron chi connectivity index (χ4n) is 2.52. The van der Waals surface area contributed by atoms with Crippen molar-refractivity contribution in [2.45, 2.75) is 18.8 Å². The maximum atomic E-state index is 5.92. The van der Waals surface area contributed by atoms with E-state index in [0.29, 0.717) is 11.8 Å². The summed E-state index contributed by atoms with van der Waals surface area (Å²) >= 11 is 0. The quantitative estimate of drug-likeness (QED) is 0.919. The molecule has 0 bridgehead atoms. The number of methoxy groups -OCH3 is 1. The third-order valence-corrected chi connectivity index (χ3v) is 3.56. The van der Waals surface area contributed by atoms with Crippen LogP contribution in [0.15, 0.2) is 34.9 Å². The highest BCUT2D eigenvalue weighted by atomic mass is 16.5. The zero-order valence-electron chi connectivity index (χ0n) is 11.1. The summed E-state index contributed by atoms with van der Waals surface area (Å²) in [4.78, 5) is 4.40. The minimum Gasteiger partial charge on any atom is -0.496 e. The van der Waals surface area contributed by atoms with Gasteiger partial charge < -0.3 is 14.5 Å². The van der Waals surface area contributed by atoms with Gasteiger partial charge in [0, 0.05) is 12.5 Å². The van der Waals surface area contributed by atoms with Crippen LogP contribution in [-0.2, 0) is 0 Å². The molecule has 2 heterocycles. The molecule has 2 aromatic rings. The molecule has 1 aliphatic heterocycles. The van der Waals surface area contributed by atoms with Crippen LogP contribution in [0.1, 0.15) is 24.5 Å². The molecule has 0 amide bonds. The zero-order valence-corrected chi connectivity index (χ0v) is 11.1. The second-order valence-corrected chi connectivity index (χ2v) is 4.81. The SMILES string of the molecule is COc1ccccc1-c1ncc(C2CCCNC2)o1. The van der Waals surface area contributed by atoms with E-state index < -0.39 is 0 Å². The van der Waals surface area contributed by atoms with Crippen molar-refractivity contribution in [3.63, 3.8) is 0 Å². The highest BCUT2D eigenvalue weighted by molar-refractivity contribution is 5.62. The number of oxazole rings is 1. The number of benzene rings is 1. The first kappa shape index (κ1) is 12.2. The molecule has 1 atom stereocenters. The molecule has 1 N–H and O–H groups in total. The lowest BCUT2D eigenvalue weighted by Crippen LogP contribution is -2.28. The van der Waals surface area contributed by atoms with Gasteiger partial charge in [0.25, 0.3) is 0 Å². The van der Waals surface area contributed by atoms with E-state index in [9.17, 15) is 0 Å². The molecule has 1 aromatic carbocycles. The van der Waals surface area contributed by atoms with Crippen LogP contribution in [0.4, 0.5) is 0 Å². The predicted molar refractivity (Wildman–Crippen MR) is 73.3 cm³/mol. The van der Waals surface area contributed by atoms with Crippen molar-refractivity contribution in [1.29, 1.82) is 0 Å². The number of hydrogen-bond acceptors (Lipinski definition) is 4. The summed E-state index contributed by atoms with van der Waals surface area (Å²) in [7, 11) is 1.66. The number of nitrogens with one attached hydrogen (secondary N) is 1. The van der Waals surface area contributed by atoms with Gasteiger partial charge in [-0.1, -0.05) is 12.1 Å². The third kappa shape index (κ3) is 2.49. The Morgan fingerprint density at radius 3 is 3.05 bits per heavy atom. The molecule has 1 aliphatic rings. The molecule has 4 heteroatoms. The Kier molecular flexibility index (Phi) is 3.51. The van der Waals surface area contributed by atoms with Gasteiger partial charge in [-0.25, -0.2) is 4.98 Å². The van der Waals surface area contributed by atoms with E-state index in [1.54, 1.807) is 7.11 Å². The van der Waals surface area contributed by atoms with E-state index in [1.807, 2.05) is 30.5 Å². The molecule has 19 heavy (non-hydrogen) atoms. The zero-order chi connectivity index (χ0) is 13.1. The third-order valence-electron chi connectivity index (χ3n) is 3.56. The number of nitrogens with zero attached hydrogens (tertiary/aromatic N) is 1. The Morgan fingerprint density at radius 1 is 1.37 bits per heavy atom. The molecule has 0 aliphatic carbocycles. The first-order valence-corrected chi connectivity index (χ1v) is 6.68. The van der Waals surface area contributed by atoms with E-state index in [-0.39, 0.29) is 0 Å². The lowest BCUT2D eigenvalue weighted by molar-refractivity contribution is 0.388. The van der Waals surface area contributed by atoms with E-state index in [2.05, 4.69) is 10.3 Å². The molecule has 1 unspecified atom stereocenters. The van der Waals surface area contributed by atoms with Crippen molar-refractivity contribution in [1.82, 2.24) is 10.3 Å². The molecule has 1 aromatic heterocycles. The van der Waals surface area contributed by atoms with Crippen molar-refractivity contribution in [2.24, 2.45) is 0 Å². The molecule has 0 spiro atoms. The second-order valence-electron chi connectivity index (χ2n) is 4.81. The standard InChI is InChI=1S/C15H18N2O2/c1-18-13-7-3-2-6-12(13)15-17-10-14(19-15)11-5-4-8-16-9-11/h2-3,6-7,10-11,16H,4-5,8-9H2,1H3. The highest BCUT2D eigenvalue weighted by Crippen LogP contribution is 2.32. The van der Waals surface area contributed by atoms with Crippen LogP contribution in [0.2, 0.25) is 0 Å². The van der Waals surface area contributed by atoms with Crippen LogP contribution in [0.25, 0.3) is 11.5 Å². The van der Waals surface area contributed by atoms with E-state index in [4.69, 9.17) is 9.15 Å². The Labute approximate surface area is 112 Å². The fourth-order valence-corrected chi connectivity index (χ4v) is 2.52. The van der Waals surface area contributed by atoms with Gasteiger partial charge in [-0.3, -0.25) is 0 Å². The normalized spacial score (nSPS) is 19.3. The minimum atomic E-state index is 0.435. The number of hydrogen-bond donors (Lipinski definition) is 1. The molecule has 4 nitrogen and oxygen atoms in total. The predicted octanol–water partition coefficient (Wildman–Crippen LogP) is 2.82. The molecular weight excluding hydrogens is 240 g/mol. The Bertz CT molecular complexity index is 545. The van der Waals surface area contributed by atoms with Crippen molar-refractivity contribution in [3.05, 3.63) is 36.2 Å². The topological polar surface area (TPSA) is 47.3 Å². The number of piperidine rings is 1. The number of ether oxygens (including phenoxy) is 1. The summed E-state index contributed by atoms with van der Waals surface area (Å²) in [6.07, 6.45) is 4.20. The van der Waals surface area contributed by atoms with Crippen LogP contribution in [0, 0.1) is 0 Å². The minimum absolute atomic E-state index is 0.435. The average molecular weight is 258 g/mol. The van der Waals surface area contributed by atoms with E-state index >= 15 is 0 Å². The smallest absolute Gasteiger partial charge is 0.230 e. The van der Waals surface area contributed by atoms with E-state index in [0.717, 1.165) is 36.6 Å². The first-order chi connectivity index (χ1) is 9.38. The summed E-state index contributed by atoms with van der Waals surface area (Å²) < 4.78 is 11.3. The first-order valence-electron chi connectivity index (χ1n) is 6.68.